The van der Waals surface area contributed by atoms with Crippen LogP contribution in [-0.2, 0) is 4.79 Å². The quantitative estimate of drug-likeness (QED) is 0.906. The third kappa shape index (κ3) is 3.25. The highest BCUT2D eigenvalue weighted by Gasteiger charge is 2.37. The van der Waals surface area contributed by atoms with Crippen LogP contribution in [0.2, 0.25) is 0 Å². The molecule has 1 saturated heterocycles. The van der Waals surface area contributed by atoms with E-state index < -0.39 is 11.9 Å². The predicted molar refractivity (Wildman–Crippen MR) is 92.4 cm³/mol. The molecule has 1 heterocycles. The molecule has 1 fully saturated rings. The Bertz CT molecular complexity index is 745. The molecule has 2 N–H and O–H groups in total. The monoisotopic (exact) mass is 324 g/mol. The van der Waals surface area contributed by atoms with Crippen LogP contribution in [0, 0.1) is 11.8 Å². The number of carboxylic acid groups (broad SMARTS) is 1. The maximum atomic E-state index is 12.9. The third-order valence-corrected chi connectivity index (χ3v) is 4.43. The summed E-state index contributed by atoms with van der Waals surface area (Å²) in [6.07, 6.45) is 0. The van der Waals surface area contributed by atoms with Crippen LogP contribution in [0.3, 0.4) is 0 Å². The minimum atomic E-state index is -0.839. The Labute approximate surface area is 140 Å². The molecule has 0 spiro atoms. The maximum Gasteiger partial charge on any atom is 0.308 e. The molecule has 0 aliphatic carbocycles. The second-order valence-corrected chi connectivity index (χ2v) is 6.17. The Hall–Kier alpha value is -2.82. The number of nitrogens with zero attached hydrogens (tertiary/aromatic N) is 1. The fourth-order valence-corrected chi connectivity index (χ4v) is 3.08. The van der Waals surface area contributed by atoms with Crippen LogP contribution in [0.5, 0.6) is 0 Å². The molecule has 2 aromatic carbocycles. The number of para-hydroxylation sites is 2. The van der Waals surface area contributed by atoms with Gasteiger partial charge in [0.1, 0.15) is 0 Å². The molecule has 5 heteroatoms. The normalized spacial score (nSPS) is 20.0. The summed E-state index contributed by atoms with van der Waals surface area (Å²) in [7, 11) is 0. The molecule has 0 aromatic heterocycles. The zero-order valence-corrected chi connectivity index (χ0v) is 13.5. The molecule has 24 heavy (non-hydrogen) atoms. The summed E-state index contributed by atoms with van der Waals surface area (Å²) in [5, 5.41) is 12.5. The van der Waals surface area contributed by atoms with E-state index in [2.05, 4.69) is 5.32 Å². The minimum absolute atomic E-state index is 0.0410. The van der Waals surface area contributed by atoms with Crippen molar-refractivity contribution >= 4 is 23.3 Å². The van der Waals surface area contributed by atoms with Crippen molar-refractivity contribution in [2.24, 2.45) is 11.8 Å². The molecule has 1 aliphatic heterocycles. The Kier molecular flexibility index (Phi) is 4.51. The SMILES string of the molecule is C[C@@H]1CN(C(=O)c2ccccc2Nc2ccccc2)C[C@H]1C(=O)O. The van der Waals surface area contributed by atoms with E-state index in [4.69, 9.17) is 0 Å². The number of hydrogen-bond acceptors (Lipinski definition) is 3. The number of carbonyl (C=O) groups excluding carboxylic acids is 1. The van der Waals surface area contributed by atoms with E-state index in [1.807, 2.05) is 55.5 Å². The van der Waals surface area contributed by atoms with Crippen LogP contribution in [0.4, 0.5) is 11.4 Å². The van der Waals surface area contributed by atoms with Gasteiger partial charge in [0, 0.05) is 18.8 Å². The van der Waals surface area contributed by atoms with Gasteiger partial charge >= 0.3 is 5.97 Å². The van der Waals surface area contributed by atoms with Crippen molar-refractivity contribution < 1.29 is 14.7 Å². The number of carbonyl (C=O) groups is 2. The Morgan fingerprint density at radius 3 is 2.38 bits per heavy atom. The predicted octanol–water partition coefficient (Wildman–Crippen LogP) is 3.22. The van der Waals surface area contributed by atoms with Crippen molar-refractivity contribution in [1.82, 2.24) is 4.90 Å². The Balaban J connectivity index is 1.82. The molecule has 0 saturated carbocycles. The highest BCUT2D eigenvalue weighted by molar-refractivity contribution is 6.00. The van der Waals surface area contributed by atoms with Crippen molar-refractivity contribution in [2.75, 3.05) is 18.4 Å². The van der Waals surface area contributed by atoms with Gasteiger partial charge < -0.3 is 15.3 Å². The highest BCUT2D eigenvalue weighted by Crippen LogP contribution is 2.27. The second-order valence-electron chi connectivity index (χ2n) is 6.17. The second kappa shape index (κ2) is 6.74. The van der Waals surface area contributed by atoms with Crippen LogP contribution >= 0.6 is 0 Å². The topological polar surface area (TPSA) is 69.6 Å². The van der Waals surface area contributed by atoms with Gasteiger partial charge in [0.25, 0.3) is 5.91 Å². The first-order valence-electron chi connectivity index (χ1n) is 7.99. The Morgan fingerprint density at radius 2 is 1.71 bits per heavy atom. The lowest BCUT2D eigenvalue weighted by atomic mass is 9.99. The van der Waals surface area contributed by atoms with Gasteiger partial charge in [-0.2, -0.15) is 0 Å². The summed E-state index contributed by atoms with van der Waals surface area (Å²) in [6, 6.07) is 16.9. The van der Waals surface area contributed by atoms with Gasteiger partial charge in [0.2, 0.25) is 0 Å². The average molecular weight is 324 g/mol. The third-order valence-electron chi connectivity index (χ3n) is 4.43. The average Bonchev–Trinajstić information content (AvgIpc) is 2.98. The van der Waals surface area contributed by atoms with Crippen molar-refractivity contribution in [1.29, 1.82) is 0 Å². The zero-order valence-electron chi connectivity index (χ0n) is 13.5. The summed E-state index contributed by atoms with van der Waals surface area (Å²) < 4.78 is 0. The molecule has 2 aromatic rings. The van der Waals surface area contributed by atoms with Crippen LogP contribution in [0.25, 0.3) is 0 Å². The summed E-state index contributed by atoms with van der Waals surface area (Å²) >= 11 is 0. The van der Waals surface area contributed by atoms with Crippen LogP contribution in [0.1, 0.15) is 17.3 Å². The molecular formula is C19H20N2O3. The van der Waals surface area contributed by atoms with E-state index in [0.717, 1.165) is 11.4 Å². The first kappa shape index (κ1) is 16.1. The molecule has 0 bridgehead atoms. The lowest BCUT2D eigenvalue weighted by Gasteiger charge is -2.19. The first-order valence-corrected chi connectivity index (χ1v) is 7.99. The summed E-state index contributed by atoms with van der Waals surface area (Å²) in [5.74, 6) is -1.51. The number of likely N-dealkylation sites (tertiary alicyclic amines) is 1. The van der Waals surface area contributed by atoms with E-state index in [1.165, 1.54) is 0 Å². The number of carboxylic acids is 1. The van der Waals surface area contributed by atoms with Gasteiger partial charge in [-0.05, 0) is 30.2 Å². The van der Waals surface area contributed by atoms with Gasteiger partial charge in [-0.25, -0.2) is 0 Å². The van der Waals surface area contributed by atoms with Crippen molar-refractivity contribution in [2.45, 2.75) is 6.92 Å². The summed E-state index contributed by atoms with van der Waals surface area (Å²) in [4.78, 5) is 25.8. The molecule has 0 unspecified atom stereocenters. The summed E-state index contributed by atoms with van der Waals surface area (Å²) in [5.41, 5.74) is 2.18. The standard InChI is InChI=1S/C19H20N2O3/c1-13-11-21(12-16(13)19(23)24)18(22)15-9-5-6-10-17(15)20-14-7-3-2-4-8-14/h2-10,13,16,20H,11-12H2,1H3,(H,23,24)/t13-,16-/m1/s1. The fraction of sp³-hybridized carbons (Fsp3) is 0.263. The molecular weight excluding hydrogens is 304 g/mol. The molecule has 3 rings (SSSR count). The van der Waals surface area contributed by atoms with Gasteiger partial charge in [0.15, 0.2) is 0 Å². The minimum Gasteiger partial charge on any atom is -0.481 e. The number of hydrogen-bond donors (Lipinski definition) is 2. The Morgan fingerprint density at radius 1 is 1.04 bits per heavy atom. The largest absolute Gasteiger partial charge is 0.481 e. The number of amides is 1. The fourth-order valence-electron chi connectivity index (χ4n) is 3.08. The molecule has 1 aliphatic rings. The number of benzene rings is 2. The van der Waals surface area contributed by atoms with E-state index in [-0.39, 0.29) is 18.4 Å². The zero-order chi connectivity index (χ0) is 17.1. The van der Waals surface area contributed by atoms with Crippen LogP contribution < -0.4 is 5.32 Å². The van der Waals surface area contributed by atoms with E-state index in [1.54, 1.807) is 11.0 Å². The summed E-state index contributed by atoms with van der Waals surface area (Å²) in [6.45, 7) is 2.60. The van der Waals surface area contributed by atoms with Crippen LogP contribution in [-0.4, -0.2) is 35.0 Å². The van der Waals surface area contributed by atoms with E-state index in [0.29, 0.717) is 12.1 Å². The molecule has 124 valence electrons. The lowest BCUT2D eigenvalue weighted by Crippen LogP contribution is -2.30. The molecule has 0 radical (unpaired) electrons. The molecule has 5 nitrogen and oxygen atoms in total. The van der Waals surface area contributed by atoms with E-state index >= 15 is 0 Å². The number of aliphatic carboxylic acids is 1. The van der Waals surface area contributed by atoms with Crippen molar-refractivity contribution in [3.63, 3.8) is 0 Å². The molecule has 1 amide bonds. The van der Waals surface area contributed by atoms with Crippen LogP contribution in [0.15, 0.2) is 54.6 Å². The van der Waals surface area contributed by atoms with Gasteiger partial charge in [0.05, 0.1) is 17.2 Å². The highest BCUT2D eigenvalue weighted by atomic mass is 16.4. The molecule has 2 atom stereocenters. The number of anilines is 2. The maximum absolute atomic E-state index is 12.9. The van der Waals surface area contributed by atoms with Gasteiger partial charge in [-0.3, -0.25) is 9.59 Å². The first-order chi connectivity index (χ1) is 11.6. The van der Waals surface area contributed by atoms with Crippen molar-refractivity contribution in [3.8, 4) is 0 Å². The lowest BCUT2D eigenvalue weighted by molar-refractivity contribution is -0.142. The number of rotatable bonds is 4. The van der Waals surface area contributed by atoms with Gasteiger partial charge in [-0.1, -0.05) is 37.3 Å². The van der Waals surface area contributed by atoms with E-state index in [9.17, 15) is 14.7 Å². The van der Waals surface area contributed by atoms with Gasteiger partial charge in [-0.15, -0.1) is 0 Å². The van der Waals surface area contributed by atoms with Crippen molar-refractivity contribution in [3.05, 3.63) is 60.2 Å². The number of nitrogens with one attached hydrogen (secondary N) is 1. The smallest absolute Gasteiger partial charge is 0.308 e.